The number of rotatable bonds is 10. The molecule has 0 bridgehead atoms. The maximum Gasteiger partial charge on any atom is 0.395 e. The minimum absolute atomic E-state index is 0.0361. The summed E-state index contributed by atoms with van der Waals surface area (Å²) in [5, 5.41) is 2.83. The monoisotopic (exact) mass is 521 g/mol. The van der Waals surface area contributed by atoms with Gasteiger partial charge in [0.15, 0.2) is 0 Å². The number of aryl methyl sites for hydroxylation is 1. The summed E-state index contributed by atoms with van der Waals surface area (Å²) < 4.78 is 56.3. The number of nitrogens with one attached hydrogen (secondary N) is 1. The number of benzene rings is 1. The molecule has 1 saturated heterocycles. The van der Waals surface area contributed by atoms with Gasteiger partial charge in [-0.25, -0.2) is 14.4 Å². The Morgan fingerprint density at radius 3 is 2.35 bits per heavy atom. The maximum atomic E-state index is 14.3. The minimum Gasteiger partial charge on any atom is -0.366 e. The fourth-order valence-corrected chi connectivity index (χ4v) is 5.26. The van der Waals surface area contributed by atoms with Crippen LogP contribution in [-0.4, -0.2) is 58.5 Å². The van der Waals surface area contributed by atoms with Gasteiger partial charge in [0.25, 0.3) is 5.91 Å². The summed E-state index contributed by atoms with van der Waals surface area (Å²) in [6.45, 7) is 3.47. The molecule has 2 fully saturated rings. The van der Waals surface area contributed by atoms with Gasteiger partial charge < -0.3 is 11.1 Å². The average molecular weight is 522 g/mol. The molecule has 2 aromatic rings. The predicted octanol–water partition coefficient (Wildman–Crippen LogP) is 3.66. The van der Waals surface area contributed by atoms with E-state index in [1.54, 1.807) is 13.0 Å². The molecular formula is C26H31F4N5O2. The number of hydrogen-bond acceptors (Lipinski definition) is 5. The number of alkyl halides is 3. The minimum atomic E-state index is -4.44. The molecule has 7 nitrogen and oxygen atoms in total. The average Bonchev–Trinajstić information content (AvgIpc) is 3.48. The Morgan fingerprint density at radius 1 is 1.16 bits per heavy atom. The van der Waals surface area contributed by atoms with Gasteiger partial charge in [0.2, 0.25) is 5.91 Å². The molecule has 0 spiro atoms. The lowest BCUT2D eigenvalue weighted by Crippen LogP contribution is -2.44. The molecule has 2 amide bonds. The zero-order chi connectivity index (χ0) is 26.8. The van der Waals surface area contributed by atoms with Crippen LogP contribution in [0.15, 0.2) is 30.6 Å². The topological polar surface area (TPSA) is 101 Å². The number of nitrogens with two attached hydrogens (primary N) is 1. The standard InChI is InChI=1S/C26H31F4N5O2/c1-16-32-13-18(14-33-16)21(25(6-7-25)26(28,29)30)12-23(36)34-15-19(35-8-2-3-9-35)10-17-4-5-20(24(31)37)22(27)11-17/h4-5,11,13-14,19,21H,2-3,6-10,12,15H2,1H3,(H2,31,37)(H,34,36)/t19-,21+/m0/s1. The van der Waals surface area contributed by atoms with E-state index in [4.69, 9.17) is 5.73 Å². The van der Waals surface area contributed by atoms with Crippen molar-refractivity contribution in [3.8, 4) is 0 Å². The summed E-state index contributed by atoms with van der Waals surface area (Å²) >= 11 is 0. The van der Waals surface area contributed by atoms with E-state index in [0.29, 0.717) is 23.4 Å². The molecule has 3 N–H and O–H groups in total. The molecule has 1 aliphatic carbocycles. The molecule has 200 valence electrons. The van der Waals surface area contributed by atoms with Gasteiger partial charge in [-0.3, -0.25) is 14.5 Å². The summed E-state index contributed by atoms with van der Waals surface area (Å²) in [6.07, 6.45) is 0.288. The number of aromatic nitrogens is 2. The number of likely N-dealkylation sites (tertiary alicyclic amines) is 1. The van der Waals surface area contributed by atoms with E-state index < -0.39 is 35.1 Å². The Balaban J connectivity index is 1.47. The third kappa shape index (κ3) is 6.08. The van der Waals surface area contributed by atoms with E-state index in [1.165, 1.54) is 24.5 Å². The number of nitrogens with zero attached hydrogens (tertiary/aromatic N) is 3. The largest absolute Gasteiger partial charge is 0.395 e. The van der Waals surface area contributed by atoms with Gasteiger partial charge in [0.1, 0.15) is 11.6 Å². The van der Waals surface area contributed by atoms with Crippen LogP contribution in [0.2, 0.25) is 0 Å². The van der Waals surface area contributed by atoms with Crippen LogP contribution in [0.1, 0.15) is 65.3 Å². The SMILES string of the molecule is Cc1ncc([C@@H](CC(=O)NC[C@H](Cc2ccc(C(N)=O)c(F)c2)N2CCCC2)C2(C(F)(F)F)CC2)cn1. The first-order valence-electron chi connectivity index (χ1n) is 12.4. The number of carbonyl (C=O) groups excluding carboxylic acids is 2. The van der Waals surface area contributed by atoms with Crippen molar-refractivity contribution in [1.29, 1.82) is 0 Å². The molecule has 2 aliphatic rings. The zero-order valence-corrected chi connectivity index (χ0v) is 20.7. The fraction of sp³-hybridized carbons (Fsp3) is 0.538. The van der Waals surface area contributed by atoms with E-state index in [2.05, 4.69) is 20.2 Å². The van der Waals surface area contributed by atoms with Crippen LogP contribution >= 0.6 is 0 Å². The van der Waals surface area contributed by atoms with E-state index in [-0.39, 0.29) is 37.4 Å². The van der Waals surface area contributed by atoms with Crippen LogP contribution in [0.5, 0.6) is 0 Å². The molecule has 1 aromatic carbocycles. The highest BCUT2D eigenvalue weighted by molar-refractivity contribution is 5.93. The van der Waals surface area contributed by atoms with Gasteiger partial charge in [-0.2, -0.15) is 13.2 Å². The van der Waals surface area contributed by atoms with Crippen molar-refractivity contribution in [3.05, 3.63) is 58.9 Å². The summed E-state index contributed by atoms with van der Waals surface area (Å²) in [7, 11) is 0. The third-order valence-electron chi connectivity index (χ3n) is 7.58. The second-order valence-corrected chi connectivity index (χ2v) is 10.1. The third-order valence-corrected chi connectivity index (χ3v) is 7.58. The molecule has 1 aromatic heterocycles. The molecule has 2 heterocycles. The lowest BCUT2D eigenvalue weighted by atomic mass is 9.81. The first-order chi connectivity index (χ1) is 17.5. The predicted molar refractivity (Wildman–Crippen MR) is 128 cm³/mol. The van der Waals surface area contributed by atoms with Crippen molar-refractivity contribution >= 4 is 11.8 Å². The lowest BCUT2D eigenvalue weighted by Gasteiger charge is -2.30. The van der Waals surface area contributed by atoms with Crippen LogP contribution in [0.25, 0.3) is 0 Å². The van der Waals surface area contributed by atoms with Crippen molar-refractivity contribution in [2.75, 3.05) is 19.6 Å². The van der Waals surface area contributed by atoms with Gasteiger partial charge in [-0.15, -0.1) is 0 Å². The van der Waals surface area contributed by atoms with Crippen molar-refractivity contribution in [3.63, 3.8) is 0 Å². The van der Waals surface area contributed by atoms with Gasteiger partial charge in [0, 0.05) is 37.3 Å². The lowest BCUT2D eigenvalue weighted by molar-refractivity contribution is -0.194. The summed E-state index contributed by atoms with van der Waals surface area (Å²) in [5.74, 6) is -2.68. The molecule has 1 aliphatic heterocycles. The van der Waals surface area contributed by atoms with Crippen molar-refractivity contribution in [1.82, 2.24) is 20.2 Å². The normalized spacial score (nSPS) is 18.8. The van der Waals surface area contributed by atoms with Crippen LogP contribution in [-0.2, 0) is 11.2 Å². The van der Waals surface area contributed by atoms with Crippen LogP contribution in [0.4, 0.5) is 17.6 Å². The Morgan fingerprint density at radius 2 is 1.81 bits per heavy atom. The number of primary amides is 1. The summed E-state index contributed by atoms with van der Waals surface area (Å²) in [4.78, 5) is 34.6. The molecular weight excluding hydrogens is 490 g/mol. The van der Waals surface area contributed by atoms with Crippen LogP contribution < -0.4 is 11.1 Å². The van der Waals surface area contributed by atoms with Gasteiger partial charge >= 0.3 is 6.18 Å². The summed E-state index contributed by atoms with van der Waals surface area (Å²) in [5.41, 5.74) is 3.98. The highest BCUT2D eigenvalue weighted by Gasteiger charge is 2.67. The second kappa shape index (κ2) is 10.7. The Bertz CT molecular complexity index is 1130. The molecule has 0 radical (unpaired) electrons. The van der Waals surface area contributed by atoms with Crippen molar-refractivity contribution in [2.24, 2.45) is 11.1 Å². The number of halogens is 4. The molecule has 4 rings (SSSR count). The van der Waals surface area contributed by atoms with E-state index in [9.17, 15) is 27.2 Å². The molecule has 11 heteroatoms. The highest BCUT2D eigenvalue weighted by atomic mass is 19.4. The van der Waals surface area contributed by atoms with E-state index in [0.717, 1.165) is 25.9 Å². The van der Waals surface area contributed by atoms with E-state index >= 15 is 0 Å². The van der Waals surface area contributed by atoms with Crippen LogP contribution in [0, 0.1) is 18.2 Å². The van der Waals surface area contributed by atoms with E-state index in [1.807, 2.05) is 0 Å². The van der Waals surface area contributed by atoms with Crippen molar-refractivity contribution in [2.45, 2.75) is 63.6 Å². The highest BCUT2D eigenvalue weighted by Crippen LogP contribution is 2.66. The smallest absolute Gasteiger partial charge is 0.366 e. The molecule has 1 saturated carbocycles. The van der Waals surface area contributed by atoms with Gasteiger partial charge in [-0.1, -0.05) is 6.07 Å². The Kier molecular flexibility index (Phi) is 7.82. The molecule has 37 heavy (non-hydrogen) atoms. The zero-order valence-electron chi connectivity index (χ0n) is 20.7. The number of hydrogen-bond donors (Lipinski definition) is 2. The Labute approximate surface area is 212 Å². The quantitative estimate of drug-likeness (QED) is 0.465. The number of amides is 2. The molecule has 0 unspecified atom stereocenters. The fourth-order valence-electron chi connectivity index (χ4n) is 5.26. The maximum absolute atomic E-state index is 14.3. The molecule has 2 atom stereocenters. The second-order valence-electron chi connectivity index (χ2n) is 10.1. The first kappa shape index (κ1) is 27.0. The van der Waals surface area contributed by atoms with Crippen molar-refractivity contribution < 1.29 is 27.2 Å². The Hall–Kier alpha value is -3.08. The van der Waals surface area contributed by atoms with Gasteiger partial charge in [0.05, 0.1) is 11.0 Å². The summed E-state index contributed by atoms with van der Waals surface area (Å²) in [6, 6.07) is 4.05. The number of carbonyl (C=O) groups is 2. The van der Waals surface area contributed by atoms with Crippen LogP contribution in [0.3, 0.4) is 0 Å². The van der Waals surface area contributed by atoms with Gasteiger partial charge in [-0.05, 0) is 75.4 Å². The first-order valence-corrected chi connectivity index (χ1v) is 12.4.